The number of carbonyl (C=O) groups excluding carboxylic acids is 4. The first-order chi connectivity index (χ1) is 26.3. The van der Waals surface area contributed by atoms with E-state index in [2.05, 4.69) is 27.0 Å². The molecule has 14 nitrogen and oxygen atoms in total. The molecule has 1 aromatic heterocycles. The molecule has 4 amide bonds. The fourth-order valence-corrected chi connectivity index (χ4v) is 9.02. The number of nitrogens with zero attached hydrogens (tertiary/aromatic N) is 3. The Morgan fingerprint density at radius 1 is 1.07 bits per heavy atom. The SMILES string of the molecule is C=C[C@@H]1CC1(NC(=O)[C@@H]1CC2CN1C(=O)[C@H](C(C)C)NC(=O)OCC/C=C/CCc1c(-c3ccc4ccccc4c3)cnn2c1=O)C(=O)NS(=O)(=O)C1CC1. The number of alkyl carbamates (subject to hydrolysis) is 1. The summed E-state index contributed by atoms with van der Waals surface area (Å²) in [6.45, 7) is 7.23. The van der Waals surface area contributed by atoms with Crippen molar-refractivity contribution in [3.05, 3.63) is 89.4 Å². The van der Waals surface area contributed by atoms with E-state index in [1.807, 2.05) is 54.6 Å². The Balaban J connectivity index is 1.26. The Morgan fingerprint density at radius 2 is 1.82 bits per heavy atom. The third kappa shape index (κ3) is 7.66. The van der Waals surface area contributed by atoms with E-state index < -0.39 is 74.6 Å². The van der Waals surface area contributed by atoms with Gasteiger partial charge >= 0.3 is 6.09 Å². The van der Waals surface area contributed by atoms with Crippen LogP contribution in [-0.2, 0) is 35.6 Å². The van der Waals surface area contributed by atoms with Gasteiger partial charge in [0, 0.05) is 30.0 Å². The van der Waals surface area contributed by atoms with Gasteiger partial charge in [-0.05, 0) is 66.8 Å². The molecule has 3 aromatic rings. The van der Waals surface area contributed by atoms with Crippen LogP contribution in [0.1, 0.15) is 64.0 Å². The maximum atomic E-state index is 14.5. The third-order valence-corrected chi connectivity index (χ3v) is 12.9. The number of benzene rings is 2. The van der Waals surface area contributed by atoms with Crippen molar-refractivity contribution in [3.8, 4) is 11.1 Å². The minimum atomic E-state index is -3.92. The highest BCUT2D eigenvalue weighted by atomic mass is 32.2. The summed E-state index contributed by atoms with van der Waals surface area (Å²) < 4.78 is 34.3. The van der Waals surface area contributed by atoms with Gasteiger partial charge in [-0.1, -0.05) is 68.5 Å². The van der Waals surface area contributed by atoms with Crippen LogP contribution in [0.4, 0.5) is 4.79 Å². The van der Waals surface area contributed by atoms with Crippen LogP contribution >= 0.6 is 0 Å². The lowest BCUT2D eigenvalue weighted by atomic mass is 9.97. The van der Waals surface area contributed by atoms with Crippen LogP contribution in [0.15, 0.2) is 78.3 Å². The largest absolute Gasteiger partial charge is 0.449 e. The summed E-state index contributed by atoms with van der Waals surface area (Å²) in [4.78, 5) is 71.0. The number of carbonyl (C=O) groups is 4. The maximum absolute atomic E-state index is 14.5. The summed E-state index contributed by atoms with van der Waals surface area (Å²) in [5.74, 6) is -3.11. The van der Waals surface area contributed by atoms with Crippen LogP contribution in [0, 0.1) is 11.8 Å². The first-order valence-corrected chi connectivity index (χ1v) is 20.4. The topological polar surface area (TPSA) is 186 Å². The number of nitrogens with one attached hydrogen (secondary N) is 3. The van der Waals surface area contributed by atoms with Gasteiger partial charge in [-0.25, -0.2) is 17.9 Å². The van der Waals surface area contributed by atoms with Crippen LogP contribution in [0.2, 0.25) is 0 Å². The molecule has 7 rings (SSSR count). The van der Waals surface area contributed by atoms with Gasteiger partial charge in [0.25, 0.3) is 11.5 Å². The van der Waals surface area contributed by atoms with E-state index in [0.717, 1.165) is 16.3 Å². The number of ether oxygens (including phenoxy) is 1. The van der Waals surface area contributed by atoms with Crippen LogP contribution in [0.25, 0.3) is 21.9 Å². The molecule has 2 aliphatic carbocycles. The zero-order valence-electron chi connectivity index (χ0n) is 30.9. The van der Waals surface area contributed by atoms with Crippen molar-refractivity contribution >= 4 is 44.6 Å². The molecule has 2 saturated carbocycles. The molecular weight excluding hydrogens is 725 g/mol. The molecule has 2 aromatic carbocycles. The predicted molar refractivity (Wildman–Crippen MR) is 205 cm³/mol. The van der Waals surface area contributed by atoms with Gasteiger partial charge in [0.1, 0.15) is 17.6 Å². The molecule has 3 fully saturated rings. The van der Waals surface area contributed by atoms with E-state index in [1.54, 1.807) is 20.0 Å². The molecular formula is C40H46N6O8S. The molecule has 4 aliphatic rings. The Hall–Kier alpha value is -5.31. The van der Waals surface area contributed by atoms with E-state index >= 15 is 0 Å². The summed E-state index contributed by atoms with van der Waals surface area (Å²) >= 11 is 0. The molecule has 2 aliphatic heterocycles. The highest BCUT2D eigenvalue weighted by Crippen LogP contribution is 2.45. The van der Waals surface area contributed by atoms with Crippen molar-refractivity contribution in [1.29, 1.82) is 0 Å². The monoisotopic (exact) mass is 770 g/mol. The maximum Gasteiger partial charge on any atom is 0.407 e. The molecule has 55 heavy (non-hydrogen) atoms. The third-order valence-electron chi connectivity index (χ3n) is 11.1. The number of sulfonamides is 1. The second-order valence-electron chi connectivity index (χ2n) is 15.2. The zero-order chi connectivity index (χ0) is 39.1. The molecule has 1 saturated heterocycles. The summed E-state index contributed by atoms with van der Waals surface area (Å²) in [6, 6.07) is 10.9. The van der Waals surface area contributed by atoms with Crippen molar-refractivity contribution in [2.45, 2.75) is 87.7 Å². The molecule has 3 N–H and O–H groups in total. The number of amides is 4. The smallest absolute Gasteiger partial charge is 0.407 e. The number of cyclic esters (lactones) is 1. The highest BCUT2D eigenvalue weighted by molar-refractivity contribution is 7.91. The number of aromatic nitrogens is 2. The minimum Gasteiger partial charge on any atom is -0.449 e. The van der Waals surface area contributed by atoms with Crippen LogP contribution in [-0.4, -0.2) is 82.9 Å². The molecule has 0 spiro atoms. The average molecular weight is 771 g/mol. The zero-order valence-corrected chi connectivity index (χ0v) is 31.7. The van der Waals surface area contributed by atoms with E-state index in [4.69, 9.17) is 4.74 Å². The fraction of sp³-hybridized carbons (Fsp3) is 0.450. The minimum absolute atomic E-state index is 0.0365. The number of allylic oxidation sites excluding steroid dienone is 1. The Morgan fingerprint density at radius 3 is 2.53 bits per heavy atom. The molecule has 4 bridgehead atoms. The lowest BCUT2D eigenvalue weighted by molar-refractivity contribution is -0.141. The van der Waals surface area contributed by atoms with Crippen molar-refractivity contribution in [1.82, 2.24) is 30.0 Å². The van der Waals surface area contributed by atoms with Gasteiger partial charge in [0.15, 0.2) is 0 Å². The number of fused-ring (bicyclic) bond motifs is 6. The predicted octanol–water partition coefficient (Wildman–Crippen LogP) is 3.52. The van der Waals surface area contributed by atoms with Crippen LogP contribution < -0.4 is 20.9 Å². The second kappa shape index (κ2) is 15.1. The second-order valence-corrected chi connectivity index (χ2v) is 17.2. The van der Waals surface area contributed by atoms with Gasteiger partial charge in [-0.2, -0.15) is 5.10 Å². The summed E-state index contributed by atoms with van der Waals surface area (Å²) in [5.41, 5.74) is 0.0892. The first-order valence-electron chi connectivity index (χ1n) is 18.8. The van der Waals surface area contributed by atoms with Crippen molar-refractivity contribution < 1.29 is 32.3 Å². The van der Waals surface area contributed by atoms with E-state index in [9.17, 15) is 32.4 Å². The number of hydrogen-bond donors (Lipinski definition) is 3. The summed E-state index contributed by atoms with van der Waals surface area (Å²) in [5, 5.41) is 11.5. The first kappa shape index (κ1) is 38.0. The van der Waals surface area contributed by atoms with Gasteiger partial charge in [0.2, 0.25) is 21.8 Å². The van der Waals surface area contributed by atoms with E-state index in [-0.39, 0.29) is 31.6 Å². The number of rotatable bonds is 8. The normalized spacial score (nSPS) is 26.4. The van der Waals surface area contributed by atoms with Crippen LogP contribution in [0.3, 0.4) is 0 Å². The molecule has 3 heterocycles. The molecule has 5 atom stereocenters. The Bertz CT molecular complexity index is 2250. The average Bonchev–Trinajstić information content (AvgIpc) is 4.09. The lowest BCUT2D eigenvalue weighted by Crippen LogP contribution is -2.59. The molecule has 0 radical (unpaired) electrons. The van der Waals surface area contributed by atoms with E-state index in [0.29, 0.717) is 43.2 Å². The van der Waals surface area contributed by atoms with Crippen molar-refractivity contribution in [2.75, 3.05) is 13.2 Å². The highest BCUT2D eigenvalue weighted by Gasteiger charge is 2.62. The fourth-order valence-electron chi connectivity index (χ4n) is 7.66. The van der Waals surface area contributed by atoms with Gasteiger partial charge in [-0.3, -0.25) is 23.9 Å². The van der Waals surface area contributed by atoms with Crippen molar-refractivity contribution in [2.24, 2.45) is 11.8 Å². The molecule has 2 unspecified atom stereocenters. The summed E-state index contributed by atoms with van der Waals surface area (Å²) in [7, 11) is -3.92. The lowest BCUT2D eigenvalue weighted by Gasteiger charge is -2.31. The number of hydrogen-bond acceptors (Lipinski definition) is 9. The summed E-state index contributed by atoms with van der Waals surface area (Å²) in [6.07, 6.45) is 8.46. The standard InChI is InChI=1S/C40H46N6O8S/c1-4-28-21-40(28,38(50)44-55(52,53)30-16-17-30)43-35(47)33-20-29-23-45(33)37(49)34(24(2)3)42-39(51)54-18-10-6-5-7-13-31-32(22-41-46(29)36(31)48)27-15-14-25-11-8-9-12-26(25)19-27/h4-6,8-9,11-12,14-15,19,22,24,28-30,33-34H,1,7,10,13,16-18,20-21,23H2,2-3H3,(H,42,51)(H,43,47)(H,44,50)/b6-5+/t28-,29?,33+,34+,40?/m1/s1. The van der Waals surface area contributed by atoms with Crippen molar-refractivity contribution in [3.63, 3.8) is 0 Å². The quantitative estimate of drug-likeness (QED) is 0.289. The van der Waals surface area contributed by atoms with Gasteiger partial charge in [0.05, 0.1) is 24.1 Å². The van der Waals surface area contributed by atoms with Gasteiger partial charge in [-0.15, -0.1) is 6.58 Å². The molecule has 290 valence electrons. The Labute approximate surface area is 319 Å². The van der Waals surface area contributed by atoms with Crippen LogP contribution in [0.5, 0.6) is 0 Å². The molecule has 15 heteroatoms. The Kier molecular flexibility index (Phi) is 10.4. The van der Waals surface area contributed by atoms with Gasteiger partial charge < -0.3 is 20.3 Å². The van der Waals surface area contributed by atoms with E-state index in [1.165, 1.54) is 15.7 Å².